The van der Waals surface area contributed by atoms with Crippen LogP contribution in [0.3, 0.4) is 0 Å². The third kappa shape index (κ3) is 2.59. The summed E-state index contributed by atoms with van der Waals surface area (Å²) in [4.78, 5) is 4.19. The van der Waals surface area contributed by atoms with E-state index < -0.39 is 5.82 Å². The number of aromatic nitrogens is 3. The number of benzene rings is 2. The molecular weight excluding hydrogens is 291 g/mol. The largest absolute Gasteiger partial charge is 0.253 e. The van der Waals surface area contributed by atoms with Gasteiger partial charge in [-0.3, -0.25) is 0 Å². The van der Waals surface area contributed by atoms with E-state index in [1.165, 1.54) is 6.07 Å². The van der Waals surface area contributed by atoms with Crippen LogP contribution in [0.2, 0.25) is 0 Å². The van der Waals surface area contributed by atoms with Gasteiger partial charge >= 0.3 is 0 Å². The molecular formula is C18H15FN4. The lowest BCUT2D eigenvalue weighted by Gasteiger charge is -2.13. The van der Waals surface area contributed by atoms with E-state index in [1.54, 1.807) is 22.9 Å². The van der Waals surface area contributed by atoms with Crippen LogP contribution in [0.15, 0.2) is 36.4 Å². The van der Waals surface area contributed by atoms with E-state index in [0.29, 0.717) is 11.4 Å². The van der Waals surface area contributed by atoms with Crippen molar-refractivity contribution in [3.8, 4) is 23.1 Å². The van der Waals surface area contributed by atoms with Crippen LogP contribution in [0, 0.1) is 37.9 Å². The fourth-order valence-corrected chi connectivity index (χ4v) is 2.84. The Hall–Kier alpha value is -3.00. The van der Waals surface area contributed by atoms with Gasteiger partial charge in [0, 0.05) is 0 Å². The van der Waals surface area contributed by atoms with Crippen LogP contribution < -0.4 is 0 Å². The monoisotopic (exact) mass is 306 g/mol. The minimum Gasteiger partial charge on any atom is -0.211 e. The number of aryl methyl sites for hydroxylation is 3. The molecule has 0 unspecified atom stereocenters. The van der Waals surface area contributed by atoms with Crippen LogP contribution >= 0.6 is 0 Å². The van der Waals surface area contributed by atoms with Gasteiger partial charge < -0.3 is 0 Å². The molecule has 1 aromatic heterocycles. The average Bonchev–Trinajstić information content (AvgIpc) is 2.90. The molecule has 0 amide bonds. The topological polar surface area (TPSA) is 54.5 Å². The van der Waals surface area contributed by atoms with Gasteiger partial charge in [0.1, 0.15) is 11.9 Å². The Morgan fingerprint density at radius 1 is 1.09 bits per heavy atom. The lowest BCUT2D eigenvalue weighted by Crippen LogP contribution is -2.05. The third-order valence-corrected chi connectivity index (χ3v) is 3.67. The summed E-state index contributed by atoms with van der Waals surface area (Å²) in [7, 11) is 0. The maximum Gasteiger partial charge on any atom is 0.253 e. The zero-order valence-corrected chi connectivity index (χ0v) is 13.1. The van der Waals surface area contributed by atoms with Gasteiger partial charge in [0.15, 0.2) is 5.82 Å². The molecule has 0 saturated heterocycles. The molecule has 5 heteroatoms. The molecule has 0 aliphatic rings. The van der Waals surface area contributed by atoms with Crippen LogP contribution in [-0.4, -0.2) is 14.8 Å². The Morgan fingerprint density at radius 3 is 2.35 bits per heavy atom. The van der Waals surface area contributed by atoms with E-state index in [9.17, 15) is 4.39 Å². The summed E-state index contributed by atoms with van der Waals surface area (Å²) in [5, 5.41) is 13.4. The Kier molecular flexibility index (Phi) is 3.67. The number of hydrogen-bond acceptors (Lipinski definition) is 3. The zero-order valence-electron chi connectivity index (χ0n) is 13.1. The minimum atomic E-state index is -0.395. The molecule has 0 fully saturated rings. The number of nitrogens with zero attached hydrogens (tertiary/aromatic N) is 4. The van der Waals surface area contributed by atoms with Gasteiger partial charge in [-0.15, -0.1) is 5.10 Å². The highest BCUT2D eigenvalue weighted by Crippen LogP contribution is 2.27. The van der Waals surface area contributed by atoms with Gasteiger partial charge in [0.05, 0.1) is 11.3 Å². The molecule has 0 bridgehead atoms. The van der Waals surface area contributed by atoms with E-state index in [-0.39, 0.29) is 5.82 Å². The number of rotatable bonds is 2. The quantitative estimate of drug-likeness (QED) is 0.722. The van der Waals surface area contributed by atoms with E-state index in [4.69, 9.17) is 5.26 Å². The highest BCUT2D eigenvalue weighted by atomic mass is 19.1. The number of hydrogen-bond donors (Lipinski definition) is 0. The van der Waals surface area contributed by atoms with E-state index in [1.807, 2.05) is 39.0 Å². The van der Waals surface area contributed by atoms with Crippen LogP contribution in [0.1, 0.15) is 22.5 Å². The predicted octanol–water partition coefficient (Wildman–Crippen LogP) is 3.87. The van der Waals surface area contributed by atoms with Crippen molar-refractivity contribution in [2.75, 3.05) is 0 Å². The normalized spacial score (nSPS) is 10.6. The molecule has 2 aromatic carbocycles. The Labute approximate surface area is 133 Å². The first-order chi connectivity index (χ1) is 11.0. The molecule has 3 aromatic rings. The molecule has 0 aliphatic heterocycles. The standard InChI is InChI=1S/C18H15FN4/c1-11-8-12(2)17(13(3)9-11)23-18(21-16(10-20)22-23)14-6-4-5-7-15(14)19/h4-9H,1-3H3. The van der Waals surface area contributed by atoms with Crippen LogP contribution in [0.25, 0.3) is 17.1 Å². The fraction of sp³-hybridized carbons (Fsp3) is 0.167. The van der Waals surface area contributed by atoms with E-state index in [0.717, 1.165) is 22.4 Å². The Morgan fingerprint density at radius 2 is 1.74 bits per heavy atom. The van der Waals surface area contributed by atoms with E-state index in [2.05, 4.69) is 10.1 Å². The SMILES string of the molecule is Cc1cc(C)c(-n2nc(C#N)nc2-c2ccccc2F)c(C)c1. The average molecular weight is 306 g/mol. The lowest BCUT2D eigenvalue weighted by molar-refractivity contribution is 0.629. The molecule has 0 radical (unpaired) electrons. The summed E-state index contributed by atoms with van der Waals surface area (Å²) in [5.74, 6) is -0.0506. The smallest absolute Gasteiger partial charge is 0.211 e. The summed E-state index contributed by atoms with van der Waals surface area (Å²) in [6, 6.07) is 12.3. The molecule has 0 saturated carbocycles. The van der Waals surface area contributed by atoms with Crippen LogP contribution in [0.4, 0.5) is 4.39 Å². The highest BCUT2D eigenvalue weighted by Gasteiger charge is 2.19. The first-order valence-electron chi connectivity index (χ1n) is 7.21. The summed E-state index contributed by atoms with van der Waals surface area (Å²) in [5.41, 5.74) is 4.27. The van der Waals surface area contributed by atoms with Gasteiger partial charge in [-0.2, -0.15) is 10.2 Å². The number of nitriles is 1. The molecule has 0 N–H and O–H groups in total. The summed E-state index contributed by atoms with van der Waals surface area (Å²) in [6.45, 7) is 5.95. The second-order valence-corrected chi connectivity index (χ2v) is 5.51. The molecule has 1 heterocycles. The van der Waals surface area contributed by atoms with Gasteiger partial charge in [0.2, 0.25) is 0 Å². The van der Waals surface area contributed by atoms with Gasteiger partial charge in [-0.25, -0.2) is 9.07 Å². The Bertz CT molecular complexity index is 911. The molecule has 3 rings (SSSR count). The molecule has 0 aliphatic carbocycles. The van der Waals surface area contributed by atoms with Gasteiger partial charge in [0.25, 0.3) is 5.82 Å². The van der Waals surface area contributed by atoms with Crippen LogP contribution in [-0.2, 0) is 0 Å². The van der Waals surface area contributed by atoms with Gasteiger partial charge in [-0.05, 0) is 44.0 Å². The second kappa shape index (κ2) is 5.65. The minimum absolute atomic E-state index is 0.0163. The lowest BCUT2D eigenvalue weighted by atomic mass is 10.0. The molecule has 114 valence electrons. The third-order valence-electron chi connectivity index (χ3n) is 3.67. The molecule has 4 nitrogen and oxygen atoms in total. The molecule has 0 atom stereocenters. The van der Waals surface area contributed by atoms with Crippen molar-refractivity contribution in [1.82, 2.24) is 14.8 Å². The highest BCUT2D eigenvalue weighted by molar-refractivity contribution is 5.61. The molecule has 0 spiro atoms. The van der Waals surface area contributed by atoms with Crippen molar-refractivity contribution < 1.29 is 4.39 Å². The first kappa shape index (κ1) is 14.9. The predicted molar refractivity (Wildman–Crippen MR) is 85.7 cm³/mol. The van der Waals surface area contributed by atoms with Crippen molar-refractivity contribution in [1.29, 1.82) is 5.26 Å². The maximum absolute atomic E-state index is 14.2. The second-order valence-electron chi connectivity index (χ2n) is 5.51. The summed E-state index contributed by atoms with van der Waals surface area (Å²) in [6.07, 6.45) is 0. The first-order valence-corrected chi connectivity index (χ1v) is 7.21. The Balaban J connectivity index is 2.32. The number of halogens is 1. The summed E-state index contributed by atoms with van der Waals surface area (Å²) >= 11 is 0. The van der Waals surface area contributed by atoms with E-state index >= 15 is 0 Å². The van der Waals surface area contributed by atoms with Crippen molar-refractivity contribution in [2.24, 2.45) is 0 Å². The maximum atomic E-state index is 14.2. The van der Waals surface area contributed by atoms with Gasteiger partial charge in [-0.1, -0.05) is 29.8 Å². The fourth-order valence-electron chi connectivity index (χ4n) is 2.84. The van der Waals surface area contributed by atoms with Crippen molar-refractivity contribution in [3.05, 3.63) is 64.7 Å². The summed E-state index contributed by atoms with van der Waals surface area (Å²) < 4.78 is 15.7. The van der Waals surface area contributed by atoms with Crippen LogP contribution in [0.5, 0.6) is 0 Å². The zero-order chi connectivity index (χ0) is 16.6. The van der Waals surface area contributed by atoms with Crippen molar-refractivity contribution in [3.63, 3.8) is 0 Å². The van der Waals surface area contributed by atoms with Crippen molar-refractivity contribution >= 4 is 0 Å². The van der Waals surface area contributed by atoms with Crippen molar-refractivity contribution in [2.45, 2.75) is 20.8 Å². The molecule has 23 heavy (non-hydrogen) atoms.